The van der Waals surface area contributed by atoms with E-state index in [1.807, 2.05) is 6.20 Å². The third-order valence-corrected chi connectivity index (χ3v) is 8.03. The number of anilines is 3. The van der Waals surface area contributed by atoms with Crippen LogP contribution < -0.4 is 20.4 Å². The number of nitrogens with zero attached hydrogens (tertiary/aromatic N) is 4. The molecule has 2 aromatic carbocycles. The Bertz CT molecular complexity index is 1300. The van der Waals surface area contributed by atoms with Crippen LogP contribution in [0.5, 0.6) is 0 Å². The summed E-state index contributed by atoms with van der Waals surface area (Å²) >= 11 is 0. The molecule has 1 aliphatic rings. The average molecular weight is 539 g/mol. The van der Waals surface area contributed by atoms with Gasteiger partial charge < -0.3 is 25.3 Å². The van der Waals surface area contributed by atoms with Gasteiger partial charge in [0, 0.05) is 56.0 Å². The molecule has 0 saturated carbocycles. The number of hydrogen-bond donors (Lipinski definition) is 2. The second-order valence-corrected chi connectivity index (χ2v) is 10.9. The fourth-order valence-electron chi connectivity index (χ4n) is 5.41. The molecule has 0 aliphatic carbocycles. The summed E-state index contributed by atoms with van der Waals surface area (Å²) in [5.74, 6) is 0.864. The number of aromatic nitrogens is 1. The van der Waals surface area contributed by atoms with Crippen LogP contribution in [0.15, 0.2) is 79.8 Å². The second kappa shape index (κ2) is 13.5. The van der Waals surface area contributed by atoms with Gasteiger partial charge in [-0.25, -0.2) is 0 Å². The minimum atomic E-state index is 0.573. The zero-order valence-electron chi connectivity index (χ0n) is 25.0. The van der Waals surface area contributed by atoms with Crippen LogP contribution >= 0.6 is 0 Å². The van der Waals surface area contributed by atoms with Crippen LogP contribution in [0.2, 0.25) is 0 Å². The molecule has 40 heavy (non-hydrogen) atoms. The zero-order chi connectivity index (χ0) is 28.6. The lowest BCUT2D eigenvalue weighted by Gasteiger charge is -2.28. The molecule has 4 rings (SSSR count). The summed E-state index contributed by atoms with van der Waals surface area (Å²) < 4.78 is 0. The van der Waals surface area contributed by atoms with Crippen molar-refractivity contribution in [2.45, 2.75) is 46.1 Å². The highest BCUT2D eigenvalue weighted by atomic mass is 15.2. The maximum absolute atomic E-state index is 4.58. The van der Waals surface area contributed by atoms with Gasteiger partial charge in [0.15, 0.2) is 0 Å². The Balaban J connectivity index is 1.39. The van der Waals surface area contributed by atoms with E-state index >= 15 is 0 Å². The minimum Gasteiger partial charge on any atom is -0.382 e. The Kier molecular flexibility index (Phi) is 9.88. The van der Waals surface area contributed by atoms with Crippen molar-refractivity contribution < 1.29 is 0 Å². The number of benzene rings is 2. The van der Waals surface area contributed by atoms with Gasteiger partial charge in [0.2, 0.25) is 0 Å². The van der Waals surface area contributed by atoms with Crippen LogP contribution in [0.3, 0.4) is 0 Å². The van der Waals surface area contributed by atoms with Crippen LogP contribution in [0.1, 0.15) is 49.1 Å². The molecule has 2 heterocycles. The SMILES string of the molecule is C=C(NCC1CCCN1C)c1cc(Cc2ccc(N(CC)C(=C)Nc3ccc(N(C)CC)cc3)c(C)c2)ccn1. The topological polar surface area (TPSA) is 46.7 Å². The number of likely N-dealkylation sites (N-methyl/N-ethyl adjacent to an activating group) is 1. The lowest BCUT2D eigenvalue weighted by atomic mass is 10.0. The number of hydrogen-bond acceptors (Lipinski definition) is 6. The van der Waals surface area contributed by atoms with E-state index in [-0.39, 0.29) is 0 Å². The van der Waals surface area contributed by atoms with Crippen molar-refractivity contribution in [1.82, 2.24) is 15.2 Å². The first kappa shape index (κ1) is 29.2. The number of aryl methyl sites for hydroxylation is 1. The monoisotopic (exact) mass is 538 g/mol. The molecule has 212 valence electrons. The van der Waals surface area contributed by atoms with E-state index in [1.54, 1.807) is 0 Å². The minimum absolute atomic E-state index is 0.573. The van der Waals surface area contributed by atoms with Gasteiger partial charge in [0.1, 0.15) is 5.82 Å². The molecule has 3 aromatic rings. The third kappa shape index (κ3) is 7.24. The van der Waals surface area contributed by atoms with E-state index < -0.39 is 0 Å². The van der Waals surface area contributed by atoms with Crippen molar-refractivity contribution in [3.63, 3.8) is 0 Å². The Hall–Kier alpha value is -3.77. The van der Waals surface area contributed by atoms with Gasteiger partial charge in [-0.3, -0.25) is 4.98 Å². The van der Waals surface area contributed by atoms with Crippen molar-refractivity contribution >= 4 is 22.8 Å². The van der Waals surface area contributed by atoms with Gasteiger partial charge in [-0.1, -0.05) is 25.3 Å². The molecule has 0 radical (unpaired) electrons. The molecule has 1 atom stereocenters. The van der Waals surface area contributed by atoms with Gasteiger partial charge >= 0.3 is 0 Å². The Morgan fingerprint density at radius 1 is 1.02 bits per heavy atom. The first-order valence-corrected chi connectivity index (χ1v) is 14.5. The fourth-order valence-corrected chi connectivity index (χ4v) is 5.41. The van der Waals surface area contributed by atoms with Crippen molar-refractivity contribution in [3.05, 3.63) is 102 Å². The Morgan fingerprint density at radius 3 is 2.42 bits per heavy atom. The third-order valence-electron chi connectivity index (χ3n) is 8.03. The molecule has 1 aromatic heterocycles. The molecule has 0 amide bonds. The van der Waals surface area contributed by atoms with E-state index in [2.05, 4.69) is 133 Å². The van der Waals surface area contributed by atoms with E-state index in [9.17, 15) is 0 Å². The highest BCUT2D eigenvalue weighted by Gasteiger charge is 2.20. The number of nitrogens with one attached hydrogen (secondary N) is 2. The molecule has 1 fully saturated rings. The van der Waals surface area contributed by atoms with E-state index in [1.165, 1.54) is 41.8 Å². The van der Waals surface area contributed by atoms with Crippen LogP contribution in [-0.2, 0) is 6.42 Å². The molecular weight excluding hydrogens is 492 g/mol. The summed E-state index contributed by atoms with van der Waals surface area (Å²) in [4.78, 5) is 11.5. The summed E-state index contributed by atoms with van der Waals surface area (Å²) in [6, 6.07) is 20.0. The van der Waals surface area contributed by atoms with E-state index in [0.29, 0.717) is 6.04 Å². The number of pyridine rings is 1. The van der Waals surface area contributed by atoms with Gasteiger partial charge in [-0.15, -0.1) is 0 Å². The van der Waals surface area contributed by atoms with Gasteiger partial charge in [-0.2, -0.15) is 0 Å². The molecule has 0 spiro atoms. The quantitative estimate of drug-likeness (QED) is 0.259. The van der Waals surface area contributed by atoms with Crippen LogP contribution in [-0.4, -0.2) is 56.2 Å². The summed E-state index contributed by atoms with van der Waals surface area (Å²) in [5.41, 5.74) is 8.94. The Labute approximate surface area is 241 Å². The maximum atomic E-state index is 4.58. The fraction of sp³-hybridized carbons (Fsp3) is 0.382. The van der Waals surface area contributed by atoms with Crippen molar-refractivity contribution in [2.75, 3.05) is 55.4 Å². The molecule has 6 nitrogen and oxygen atoms in total. The Morgan fingerprint density at radius 2 is 1.77 bits per heavy atom. The average Bonchev–Trinajstić information content (AvgIpc) is 3.37. The van der Waals surface area contributed by atoms with Crippen LogP contribution in [0.25, 0.3) is 5.70 Å². The summed E-state index contributed by atoms with van der Waals surface area (Å²) in [6.45, 7) is 19.0. The first-order chi connectivity index (χ1) is 19.3. The predicted octanol–water partition coefficient (Wildman–Crippen LogP) is 6.50. The second-order valence-electron chi connectivity index (χ2n) is 10.9. The first-order valence-electron chi connectivity index (χ1n) is 14.5. The highest BCUT2D eigenvalue weighted by Crippen LogP contribution is 2.27. The smallest absolute Gasteiger partial charge is 0.103 e. The lowest BCUT2D eigenvalue weighted by molar-refractivity contribution is 0.309. The van der Waals surface area contributed by atoms with Crippen molar-refractivity contribution in [2.24, 2.45) is 0 Å². The molecular formula is C34H46N6. The normalized spacial score (nSPS) is 15.1. The van der Waals surface area contributed by atoms with Crippen LogP contribution in [0, 0.1) is 6.92 Å². The van der Waals surface area contributed by atoms with Gasteiger partial charge in [-0.05, 0) is 113 Å². The molecule has 1 saturated heterocycles. The molecule has 0 bridgehead atoms. The number of rotatable bonds is 13. The zero-order valence-corrected chi connectivity index (χ0v) is 25.0. The van der Waals surface area contributed by atoms with Gasteiger partial charge in [0.25, 0.3) is 0 Å². The summed E-state index contributed by atoms with van der Waals surface area (Å²) in [7, 11) is 4.30. The number of likely N-dealkylation sites (tertiary alicyclic amines) is 1. The van der Waals surface area contributed by atoms with Crippen molar-refractivity contribution in [3.8, 4) is 0 Å². The molecule has 6 heteroatoms. The lowest BCUT2D eigenvalue weighted by Crippen LogP contribution is -2.34. The largest absolute Gasteiger partial charge is 0.382 e. The molecule has 1 unspecified atom stereocenters. The van der Waals surface area contributed by atoms with E-state index in [0.717, 1.165) is 54.6 Å². The van der Waals surface area contributed by atoms with Gasteiger partial charge in [0.05, 0.1) is 11.4 Å². The van der Waals surface area contributed by atoms with Crippen LogP contribution in [0.4, 0.5) is 17.1 Å². The highest BCUT2D eigenvalue weighted by molar-refractivity contribution is 5.64. The maximum Gasteiger partial charge on any atom is 0.103 e. The predicted molar refractivity (Wildman–Crippen MR) is 172 cm³/mol. The summed E-state index contributed by atoms with van der Waals surface area (Å²) in [5, 5.41) is 7.01. The molecule has 1 aliphatic heterocycles. The molecule has 2 N–H and O–H groups in total. The standard InChI is InChI=1S/C34H46N6/c1-8-38(6)31-15-13-30(14-16-31)37-27(5)40(9-2)34-17-12-28(21-25(34)3)22-29-18-19-35-33(23-29)26(4)36-24-32-11-10-20-39(32)7/h12-19,21,23,32,36-37H,4-5,8-11,20,22,24H2,1-3,6-7H3. The summed E-state index contributed by atoms with van der Waals surface area (Å²) in [6.07, 6.45) is 5.25. The van der Waals surface area contributed by atoms with Crippen molar-refractivity contribution in [1.29, 1.82) is 0 Å². The van der Waals surface area contributed by atoms with E-state index in [4.69, 9.17) is 0 Å².